The Morgan fingerprint density at radius 2 is 0.860 bits per heavy atom. The van der Waals surface area contributed by atoms with Crippen LogP contribution < -0.4 is 11.5 Å². The van der Waals surface area contributed by atoms with E-state index in [1.165, 1.54) is 128 Å². The molecule has 8 heteroatoms. The molecule has 0 radical (unpaired) electrons. The van der Waals surface area contributed by atoms with Crippen LogP contribution in [0, 0.1) is 0 Å². The highest BCUT2D eigenvalue weighted by Crippen LogP contribution is 2.14. The molecule has 0 aliphatic carbocycles. The lowest BCUT2D eigenvalue weighted by molar-refractivity contribution is -0.160. The molecule has 0 aromatic carbocycles. The Morgan fingerprint density at radius 1 is 0.535 bits per heavy atom. The summed E-state index contributed by atoms with van der Waals surface area (Å²) in [7, 11) is 0. The van der Waals surface area contributed by atoms with Crippen molar-refractivity contribution in [3.63, 3.8) is 0 Å². The van der Waals surface area contributed by atoms with Gasteiger partial charge in [-0.3, -0.25) is 14.4 Å². The number of carboxylic acids is 1. The first-order valence-corrected chi connectivity index (χ1v) is 17.7. The van der Waals surface area contributed by atoms with Gasteiger partial charge in [-0.25, -0.2) is 4.79 Å². The maximum absolute atomic E-state index is 11.5. The van der Waals surface area contributed by atoms with Gasteiger partial charge >= 0.3 is 17.9 Å². The van der Waals surface area contributed by atoms with Crippen LogP contribution in [0.5, 0.6) is 0 Å². The summed E-state index contributed by atoms with van der Waals surface area (Å²) in [5, 5.41) is 8.50. The number of esters is 2. The van der Waals surface area contributed by atoms with Crippen LogP contribution in [0.3, 0.4) is 0 Å². The summed E-state index contributed by atoms with van der Waals surface area (Å²) in [5.41, 5.74) is 10.6. The number of amides is 1. The maximum Gasteiger partial charge on any atom is 0.330 e. The fourth-order valence-electron chi connectivity index (χ4n) is 4.89. The van der Waals surface area contributed by atoms with Crippen LogP contribution in [0.2, 0.25) is 0 Å². The smallest absolute Gasteiger partial charge is 0.330 e. The largest absolute Gasteiger partial charge is 0.481 e. The number of aliphatic carboxylic acids is 1. The number of rotatable bonds is 30. The number of carboxylic acid groups (broad SMARTS) is 1. The molecule has 0 aromatic heterocycles. The fourth-order valence-corrected chi connectivity index (χ4v) is 4.89. The van der Waals surface area contributed by atoms with E-state index in [2.05, 4.69) is 18.6 Å². The monoisotopic (exact) mass is 613 g/mol. The van der Waals surface area contributed by atoms with Crippen LogP contribution in [0.1, 0.15) is 194 Å². The van der Waals surface area contributed by atoms with Gasteiger partial charge in [0.2, 0.25) is 5.91 Å². The van der Waals surface area contributed by atoms with E-state index < -0.39 is 23.9 Å². The van der Waals surface area contributed by atoms with Crippen molar-refractivity contribution in [3.05, 3.63) is 0 Å². The normalized spacial score (nSPS) is 11.4. The van der Waals surface area contributed by atoms with E-state index in [1.54, 1.807) is 0 Å². The van der Waals surface area contributed by atoms with Gasteiger partial charge in [0.1, 0.15) is 6.04 Å². The molecule has 0 saturated carbocycles. The molecule has 254 valence electrons. The molecule has 0 aromatic rings. The van der Waals surface area contributed by atoms with Crippen molar-refractivity contribution < 1.29 is 29.0 Å². The Kier molecular flexibility index (Phi) is 34.7. The first-order valence-electron chi connectivity index (χ1n) is 17.7. The zero-order valence-corrected chi connectivity index (χ0v) is 28.0. The third kappa shape index (κ3) is 38.0. The van der Waals surface area contributed by atoms with Crippen molar-refractivity contribution in [1.82, 2.24) is 0 Å². The van der Waals surface area contributed by atoms with Crippen molar-refractivity contribution >= 4 is 23.8 Å². The van der Waals surface area contributed by atoms with E-state index in [4.69, 9.17) is 16.6 Å². The van der Waals surface area contributed by atoms with Gasteiger partial charge in [-0.1, -0.05) is 155 Å². The van der Waals surface area contributed by atoms with Gasteiger partial charge in [-0.2, -0.15) is 0 Å². The molecule has 5 N–H and O–H groups in total. The van der Waals surface area contributed by atoms with Crippen molar-refractivity contribution in [2.75, 3.05) is 0 Å². The molecule has 1 unspecified atom stereocenters. The van der Waals surface area contributed by atoms with Gasteiger partial charge in [0, 0.05) is 19.3 Å². The Balaban J connectivity index is 0. The average Bonchev–Trinajstić information content (AvgIpc) is 2.97. The lowest BCUT2D eigenvalue weighted by Gasteiger charge is -2.09. The first kappa shape index (κ1) is 43.2. The van der Waals surface area contributed by atoms with Crippen LogP contribution in [0.4, 0.5) is 0 Å². The quantitative estimate of drug-likeness (QED) is 0.0416. The minimum atomic E-state index is -1.06. The summed E-state index contributed by atoms with van der Waals surface area (Å²) in [5.74, 6) is -2.61. The molecule has 0 spiro atoms. The molecule has 0 rings (SSSR count). The number of carbonyl (C=O) groups excluding carboxylic acids is 3. The van der Waals surface area contributed by atoms with Gasteiger partial charge in [-0.15, -0.1) is 0 Å². The second kappa shape index (κ2) is 34.5. The van der Waals surface area contributed by atoms with Gasteiger partial charge in [0.25, 0.3) is 0 Å². The molecule has 43 heavy (non-hydrogen) atoms. The van der Waals surface area contributed by atoms with Gasteiger partial charge in [-0.05, 0) is 19.3 Å². The van der Waals surface area contributed by atoms with Gasteiger partial charge < -0.3 is 21.3 Å². The Labute approximate surface area is 263 Å². The predicted molar refractivity (Wildman–Crippen MR) is 177 cm³/mol. The summed E-state index contributed by atoms with van der Waals surface area (Å²) in [6, 6.07) is -1.06. The molecular formula is C35H68N2O6. The highest BCUT2D eigenvalue weighted by molar-refractivity contribution is 5.88. The van der Waals surface area contributed by atoms with Gasteiger partial charge in [0.15, 0.2) is 0 Å². The summed E-state index contributed by atoms with van der Waals surface area (Å²) in [4.78, 5) is 43.9. The van der Waals surface area contributed by atoms with E-state index in [-0.39, 0.29) is 25.2 Å². The van der Waals surface area contributed by atoms with Crippen molar-refractivity contribution in [2.45, 2.75) is 200 Å². The number of ether oxygens (including phenoxy) is 1. The predicted octanol–water partition coefficient (Wildman–Crippen LogP) is 8.90. The second-order valence-electron chi connectivity index (χ2n) is 12.1. The van der Waals surface area contributed by atoms with E-state index in [0.29, 0.717) is 12.8 Å². The molecule has 1 atom stereocenters. The number of primary amides is 1. The Bertz CT molecular complexity index is 671. The number of hydrogen-bond donors (Lipinski definition) is 3. The fraction of sp³-hybridized carbons (Fsp3) is 0.886. The highest BCUT2D eigenvalue weighted by atomic mass is 16.6. The molecule has 1 amide bonds. The highest BCUT2D eigenvalue weighted by Gasteiger charge is 2.19. The van der Waals surface area contributed by atoms with E-state index in [0.717, 1.165) is 19.3 Å². The van der Waals surface area contributed by atoms with Crippen LogP contribution in [-0.4, -0.2) is 35.0 Å². The molecule has 0 aliphatic heterocycles. The van der Waals surface area contributed by atoms with Crippen LogP contribution in [0.25, 0.3) is 0 Å². The SMILES string of the molecule is CCCCCCCCCCCC(=O)OC(=O)C(N)CCC(=O)O.CCCCCCCCCCCCCCCCCC(N)=O. The van der Waals surface area contributed by atoms with E-state index >= 15 is 0 Å². The zero-order valence-electron chi connectivity index (χ0n) is 28.0. The minimum Gasteiger partial charge on any atom is -0.481 e. The molecule has 8 nitrogen and oxygen atoms in total. The van der Waals surface area contributed by atoms with E-state index in [9.17, 15) is 19.2 Å². The third-order valence-corrected chi connectivity index (χ3v) is 7.70. The maximum atomic E-state index is 11.5. The van der Waals surface area contributed by atoms with E-state index in [1.807, 2.05) is 0 Å². The van der Waals surface area contributed by atoms with Gasteiger partial charge in [0.05, 0.1) is 0 Å². The molecular weight excluding hydrogens is 544 g/mol. The molecule has 0 heterocycles. The molecule has 0 aliphatic rings. The number of unbranched alkanes of at least 4 members (excludes halogenated alkanes) is 22. The van der Waals surface area contributed by atoms with Crippen LogP contribution in [0.15, 0.2) is 0 Å². The molecule has 0 fully saturated rings. The van der Waals surface area contributed by atoms with Crippen molar-refractivity contribution in [3.8, 4) is 0 Å². The standard InChI is InChI=1S/C18H37NO.C17H31NO5/c1-2-3-4-5-6-7-8-9-10-11-12-13-14-15-16-17-18(19)20;1-2-3-4-5-6-7-8-9-10-11-16(21)23-17(22)14(18)12-13-15(19)20/h2-17H2,1H3,(H2,19,20);14H,2-13,18H2,1H3,(H,19,20). The zero-order chi connectivity index (χ0) is 32.4. The minimum absolute atomic E-state index is 0.0283. The summed E-state index contributed by atoms with van der Waals surface area (Å²) in [6.45, 7) is 4.47. The summed E-state index contributed by atoms with van der Waals surface area (Å²) >= 11 is 0. The van der Waals surface area contributed by atoms with Crippen LogP contribution in [-0.2, 0) is 23.9 Å². The average molecular weight is 613 g/mol. The lowest BCUT2D eigenvalue weighted by atomic mass is 10.0. The molecule has 0 saturated heterocycles. The lowest BCUT2D eigenvalue weighted by Crippen LogP contribution is -2.34. The summed E-state index contributed by atoms with van der Waals surface area (Å²) < 4.78 is 4.62. The second-order valence-corrected chi connectivity index (χ2v) is 12.1. The number of nitrogens with two attached hydrogens (primary N) is 2. The summed E-state index contributed by atoms with van der Waals surface area (Å²) in [6.07, 6.45) is 31.1. The van der Waals surface area contributed by atoms with Crippen LogP contribution >= 0.6 is 0 Å². The first-order chi connectivity index (χ1) is 20.7. The third-order valence-electron chi connectivity index (χ3n) is 7.70. The molecule has 0 bridgehead atoms. The van der Waals surface area contributed by atoms with Crippen molar-refractivity contribution in [1.29, 1.82) is 0 Å². The Morgan fingerprint density at radius 3 is 1.19 bits per heavy atom. The Hall–Kier alpha value is -1.96. The van der Waals surface area contributed by atoms with Crippen molar-refractivity contribution in [2.24, 2.45) is 11.5 Å². The number of carbonyl (C=O) groups is 4. The topological polar surface area (TPSA) is 150 Å². The number of hydrogen-bond acceptors (Lipinski definition) is 6.